The Morgan fingerprint density at radius 3 is 2.40 bits per heavy atom. The molecule has 0 fully saturated rings. The number of rotatable bonds is 4. The van der Waals surface area contributed by atoms with Gasteiger partial charge in [0.15, 0.2) is 5.11 Å². The Morgan fingerprint density at radius 2 is 1.83 bits per heavy atom. The molecule has 0 saturated carbocycles. The Balaban J connectivity index is 2.24. The van der Waals surface area contributed by atoms with E-state index in [-0.39, 0.29) is 16.2 Å². The zero-order chi connectivity index (χ0) is 22.2. The maximum absolute atomic E-state index is 14.7. The number of nitrogens with one attached hydrogen (secondary N) is 1. The summed E-state index contributed by atoms with van der Waals surface area (Å²) in [5.74, 6) is -2.77. The third kappa shape index (κ3) is 3.73. The highest BCUT2D eigenvalue weighted by Gasteiger charge is 2.37. The molecule has 10 heteroatoms. The van der Waals surface area contributed by atoms with Gasteiger partial charge < -0.3 is 10.2 Å². The van der Waals surface area contributed by atoms with Crippen molar-refractivity contribution in [2.75, 3.05) is 19.0 Å². The monoisotopic (exact) mass is 432 g/mol. The molecule has 1 unspecified atom stereocenters. The smallest absolute Gasteiger partial charge is 0.305 e. The van der Waals surface area contributed by atoms with Crippen LogP contribution in [-0.4, -0.2) is 34.9 Å². The molecule has 1 atom stereocenters. The quantitative estimate of drug-likeness (QED) is 0.451. The number of carbonyl (C=O) groups is 1. The van der Waals surface area contributed by atoms with Gasteiger partial charge in [-0.15, -0.1) is 0 Å². The molecule has 2 aromatic carbocycles. The molecule has 156 valence electrons. The second kappa shape index (κ2) is 8.15. The Kier molecular flexibility index (Phi) is 5.79. The van der Waals surface area contributed by atoms with Crippen LogP contribution in [0.15, 0.2) is 53.7 Å². The van der Waals surface area contributed by atoms with E-state index >= 15 is 0 Å². The van der Waals surface area contributed by atoms with Crippen molar-refractivity contribution in [3.05, 3.63) is 81.0 Å². The number of hydrogen-bond donors (Lipinski definition) is 1. The van der Waals surface area contributed by atoms with Gasteiger partial charge in [-0.2, -0.15) is 4.39 Å². The Labute approximate surface area is 176 Å². The molecule has 0 aromatic heterocycles. The molecule has 0 saturated heterocycles. The highest BCUT2D eigenvalue weighted by molar-refractivity contribution is 7.80. The average molecular weight is 432 g/mol. The molecule has 1 amide bonds. The topological polar surface area (TPSA) is 78.7 Å². The number of halogens is 2. The van der Waals surface area contributed by atoms with E-state index < -0.39 is 34.2 Å². The standard InChI is InChI=1S/C20H18F2N4O3S/c1-11-17(19(27)24(2)3)18(13-9-16(26(28)29)15(22)10-14(13)21)23-20(30)25(11)12-7-5-4-6-8-12/h4-10,18H,1-3H3,(H,23,30). The summed E-state index contributed by atoms with van der Waals surface area (Å²) in [5.41, 5.74) is 0.111. The molecule has 3 rings (SSSR count). The third-order valence-electron chi connectivity index (χ3n) is 4.71. The van der Waals surface area contributed by atoms with Crippen molar-refractivity contribution < 1.29 is 18.5 Å². The number of nitrogens with zero attached hydrogens (tertiary/aromatic N) is 3. The summed E-state index contributed by atoms with van der Waals surface area (Å²) in [6, 6.07) is 9.10. The van der Waals surface area contributed by atoms with E-state index in [1.54, 1.807) is 36.1 Å². The van der Waals surface area contributed by atoms with E-state index in [2.05, 4.69) is 5.32 Å². The van der Waals surface area contributed by atoms with Crippen LogP contribution in [0.25, 0.3) is 0 Å². The molecule has 1 aliphatic rings. The predicted octanol–water partition coefficient (Wildman–Crippen LogP) is 3.67. The van der Waals surface area contributed by atoms with Gasteiger partial charge in [0.1, 0.15) is 5.82 Å². The third-order valence-corrected chi connectivity index (χ3v) is 5.01. The van der Waals surface area contributed by atoms with E-state index in [0.29, 0.717) is 17.5 Å². The normalized spacial score (nSPS) is 16.4. The van der Waals surface area contributed by atoms with Crippen LogP contribution < -0.4 is 10.2 Å². The number of hydrogen-bond acceptors (Lipinski definition) is 4. The van der Waals surface area contributed by atoms with Crippen LogP contribution >= 0.6 is 12.2 Å². The molecule has 1 heterocycles. The molecule has 2 aromatic rings. The largest absolute Gasteiger partial charge is 0.351 e. The van der Waals surface area contributed by atoms with Crippen molar-refractivity contribution in [3.63, 3.8) is 0 Å². The molecular formula is C20H18F2N4O3S. The first-order valence-electron chi connectivity index (χ1n) is 8.85. The summed E-state index contributed by atoms with van der Waals surface area (Å²) in [7, 11) is 3.06. The Hall–Kier alpha value is -3.40. The molecule has 1 N–H and O–H groups in total. The molecule has 0 radical (unpaired) electrons. The number of anilines is 1. The number of benzene rings is 2. The average Bonchev–Trinajstić information content (AvgIpc) is 2.67. The van der Waals surface area contributed by atoms with Gasteiger partial charge in [0.2, 0.25) is 5.82 Å². The van der Waals surface area contributed by atoms with Gasteiger partial charge in [-0.3, -0.25) is 19.8 Å². The number of likely N-dealkylation sites (N-methyl/N-ethyl adjacent to an activating group) is 1. The van der Waals surface area contributed by atoms with Crippen LogP contribution in [0.5, 0.6) is 0 Å². The van der Waals surface area contributed by atoms with Crippen molar-refractivity contribution in [2.24, 2.45) is 0 Å². The fourth-order valence-corrected chi connectivity index (χ4v) is 3.66. The predicted molar refractivity (Wildman–Crippen MR) is 112 cm³/mol. The summed E-state index contributed by atoms with van der Waals surface area (Å²) < 4.78 is 28.5. The van der Waals surface area contributed by atoms with E-state index in [4.69, 9.17) is 12.2 Å². The number of amides is 1. The van der Waals surface area contributed by atoms with E-state index in [0.717, 1.165) is 6.07 Å². The molecule has 0 spiro atoms. The van der Waals surface area contributed by atoms with Crippen molar-refractivity contribution >= 4 is 34.6 Å². The first-order valence-corrected chi connectivity index (χ1v) is 9.25. The molecule has 1 aliphatic heterocycles. The first-order chi connectivity index (χ1) is 14.1. The number of allylic oxidation sites excluding steroid dienone is 1. The lowest BCUT2D eigenvalue weighted by Crippen LogP contribution is -2.49. The lowest BCUT2D eigenvalue weighted by molar-refractivity contribution is -0.387. The van der Waals surface area contributed by atoms with E-state index in [1.165, 1.54) is 19.0 Å². The summed E-state index contributed by atoms with van der Waals surface area (Å²) >= 11 is 5.45. The minimum absolute atomic E-state index is 0.136. The maximum Gasteiger partial charge on any atom is 0.305 e. The molecule has 0 aliphatic carbocycles. The van der Waals surface area contributed by atoms with Gasteiger partial charge >= 0.3 is 5.69 Å². The number of nitro benzene ring substituents is 1. The first kappa shape index (κ1) is 21.3. The van der Waals surface area contributed by atoms with Crippen molar-refractivity contribution in [3.8, 4) is 0 Å². The summed E-state index contributed by atoms with van der Waals surface area (Å²) in [6.45, 7) is 1.65. The molecule has 30 heavy (non-hydrogen) atoms. The highest BCUT2D eigenvalue weighted by Crippen LogP contribution is 2.37. The van der Waals surface area contributed by atoms with Gasteiger partial charge in [-0.05, 0) is 31.3 Å². The van der Waals surface area contributed by atoms with Crippen LogP contribution in [0.1, 0.15) is 18.5 Å². The number of thiocarbonyl (C=S) groups is 1. The highest BCUT2D eigenvalue weighted by atomic mass is 32.1. The van der Waals surface area contributed by atoms with Crippen LogP contribution in [-0.2, 0) is 4.79 Å². The minimum atomic E-state index is -1.30. The van der Waals surface area contributed by atoms with Crippen LogP contribution in [0.3, 0.4) is 0 Å². The zero-order valence-corrected chi connectivity index (χ0v) is 17.2. The fraction of sp³-hybridized carbons (Fsp3) is 0.200. The molecular weight excluding hydrogens is 414 g/mol. The molecule has 7 nitrogen and oxygen atoms in total. The van der Waals surface area contributed by atoms with E-state index in [9.17, 15) is 23.7 Å². The maximum atomic E-state index is 14.7. The van der Waals surface area contributed by atoms with Crippen LogP contribution in [0, 0.1) is 21.7 Å². The number of carbonyl (C=O) groups excluding carboxylic acids is 1. The summed E-state index contributed by atoms with van der Waals surface area (Å²) in [4.78, 5) is 26.1. The molecule has 0 bridgehead atoms. The minimum Gasteiger partial charge on any atom is -0.351 e. The SMILES string of the molecule is CC1=C(C(=O)N(C)C)C(c2cc([N+](=O)[O-])c(F)cc2F)NC(=S)N1c1ccccc1. The van der Waals surface area contributed by atoms with E-state index in [1.807, 2.05) is 6.07 Å². The van der Waals surface area contributed by atoms with Gasteiger partial charge in [-0.25, -0.2) is 4.39 Å². The Morgan fingerprint density at radius 1 is 1.20 bits per heavy atom. The second-order valence-electron chi connectivity index (χ2n) is 6.83. The Bertz CT molecular complexity index is 1070. The lowest BCUT2D eigenvalue weighted by atomic mass is 9.93. The number of para-hydroxylation sites is 1. The summed E-state index contributed by atoms with van der Waals surface area (Å²) in [6.07, 6.45) is 0. The fourth-order valence-electron chi connectivity index (χ4n) is 3.30. The van der Waals surface area contributed by atoms with Crippen molar-refractivity contribution in [2.45, 2.75) is 13.0 Å². The van der Waals surface area contributed by atoms with Gasteiger partial charge in [0.05, 0.1) is 16.5 Å². The van der Waals surface area contributed by atoms with Crippen LogP contribution in [0.4, 0.5) is 20.2 Å². The van der Waals surface area contributed by atoms with Crippen molar-refractivity contribution in [1.82, 2.24) is 10.2 Å². The number of nitro groups is 1. The van der Waals surface area contributed by atoms with Crippen molar-refractivity contribution in [1.29, 1.82) is 0 Å². The van der Waals surface area contributed by atoms with Gasteiger partial charge in [-0.1, -0.05) is 18.2 Å². The van der Waals surface area contributed by atoms with Crippen LogP contribution in [0.2, 0.25) is 0 Å². The second-order valence-corrected chi connectivity index (χ2v) is 7.22. The summed E-state index contributed by atoms with van der Waals surface area (Å²) in [5, 5.41) is 14.2. The zero-order valence-electron chi connectivity index (χ0n) is 16.3. The van der Waals surface area contributed by atoms with Gasteiger partial charge in [0, 0.05) is 43.2 Å². The lowest BCUT2D eigenvalue weighted by Gasteiger charge is -2.38. The van der Waals surface area contributed by atoms with Gasteiger partial charge in [0.25, 0.3) is 5.91 Å².